The number of carbonyl (C=O) groups excluding carboxylic acids is 2. The predicted molar refractivity (Wildman–Crippen MR) is 161 cm³/mol. The van der Waals surface area contributed by atoms with Crippen molar-refractivity contribution in [3.05, 3.63) is 101 Å². The van der Waals surface area contributed by atoms with Crippen molar-refractivity contribution in [2.75, 3.05) is 13.7 Å². The number of nitrogens with one attached hydrogen (secondary N) is 2. The summed E-state index contributed by atoms with van der Waals surface area (Å²) in [5, 5.41) is 17.5. The molecule has 3 aromatic carbocycles. The van der Waals surface area contributed by atoms with E-state index in [2.05, 4.69) is 24.5 Å². The fourth-order valence-electron chi connectivity index (χ4n) is 5.09. The lowest BCUT2D eigenvalue weighted by Gasteiger charge is -2.25. The summed E-state index contributed by atoms with van der Waals surface area (Å²) in [6.07, 6.45) is 3.22. The van der Waals surface area contributed by atoms with Crippen LogP contribution >= 0.6 is 0 Å². The largest absolute Gasteiger partial charge is 0.497 e. The molecule has 0 radical (unpaired) electrons. The van der Waals surface area contributed by atoms with Gasteiger partial charge >= 0.3 is 0 Å². The molecule has 214 valence electrons. The molecule has 2 atom stereocenters. The van der Waals surface area contributed by atoms with Gasteiger partial charge < -0.3 is 20.5 Å². The van der Waals surface area contributed by atoms with Gasteiger partial charge in [-0.3, -0.25) is 9.59 Å². The fraction of sp³-hybridized carbons (Fsp3) is 0.412. The van der Waals surface area contributed by atoms with E-state index in [4.69, 9.17) is 4.74 Å². The van der Waals surface area contributed by atoms with Crippen LogP contribution in [0.3, 0.4) is 0 Å². The molecule has 3 aromatic rings. The molecule has 0 aliphatic heterocycles. The van der Waals surface area contributed by atoms with E-state index in [0.29, 0.717) is 30.6 Å². The molecule has 40 heavy (non-hydrogen) atoms. The number of aryl methyl sites for hydroxylation is 1. The molecule has 0 saturated carbocycles. The first-order valence-corrected chi connectivity index (χ1v) is 14.4. The maximum Gasteiger partial charge on any atom is 0.251 e. The van der Waals surface area contributed by atoms with Crippen LogP contribution in [0.5, 0.6) is 5.75 Å². The number of aliphatic hydroxyl groups excluding tert-OH is 1. The first kappa shape index (κ1) is 31.1. The Hall–Kier alpha value is -3.48. The lowest BCUT2D eigenvalue weighted by molar-refractivity contribution is 0.0829. The summed E-state index contributed by atoms with van der Waals surface area (Å²) >= 11 is 0. The Kier molecular flexibility index (Phi) is 12.4. The molecule has 6 nitrogen and oxygen atoms in total. The van der Waals surface area contributed by atoms with E-state index in [1.165, 1.54) is 0 Å². The lowest BCUT2D eigenvalue weighted by atomic mass is 9.88. The van der Waals surface area contributed by atoms with Crippen LogP contribution in [0.2, 0.25) is 0 Å². The number of Topliss-reactive ketones (excluding diaryl/α,β-unsaturated/α-hetero) is 1. The van der Waals surface area contributed by atoms with Crippen LogP contribution in [0.15, 0.2) is 72.8 Å². The Morgan fingerprint density at radius 3 is 2.23 bits per heavy atom. The average Bonchev–Trinajstić information content (AvgIpc) is 2.96. The van der Waals surface area contributed by atoms with Crippen LogP contribution in [0, 0.1) is 12.8 Å². The Morgan fingerprint density at radius 1 is 0.875 bits per heavy atom. The van der Waals surface area contributed by atoms with Crippen molar-refractivity contribution < 1.29 is 19.4 Å². The zero-order chi connectivity index (χ0) is 28.9. The maximum atomic E-state index is 13.5. The zero-order valence-electron chi connectivity index (χ0n) is 24.3. The van der Waals surface area contributed by atoms with Gasteiger partial charge in [-0.15, -0.1) is 0 Å². The van der Waals surface area contributed by atoms with E-state index in [1.807, 2.05) is 67.6 Å². The van der Waals surface area contributed by atoms with Crippen molar-refractivity contribution in [2.24, 2.45) is 5.92 Å². The van der Waals surface area contributed by atoms with Crippen molar-refractivity contribution in [3.8, 4) is 5.75 Å². The number of hydrogen-bond acceptors (Lipinski definition) is 5. The third-order valence-electron chi connectivity index (χ3n) is 7.17. The summed E-state index contributed by atoms with van der Waals surface area (Å²) in [5.74, 6) is 0.550. The van der Waals surface area contributed by atoms with Crippen LogP contribution in [0.1, 0.15) is 76.9 Å². The number of hydrogen-bond donors (Lipinski definition) is 3. The lowest BCUT2D eigenvalue weighted by Crippen LogP contribution is -2.48. The van der Waals surface area contributed by atoms with E-state index < -0.39 is 12.1 Å². The Morgan fingerprint density at radius 2 is 1.55 bits per heavy atom. The molecule has 0 aliphatic carbocycles. The molecule has 3 rings (SSSR count). The smallest absolute Gasteiger partial charge is 0.251 e. The van der Waals surface area contributed by atoms with Gasteiger partial charge in [-0.2, -0.15) is 0 Å². The van der Waals surface area contributed by atoms with Gasteiger partial charge in [0.05, 0.1) is 19.3 Å². The number of aliphatic hydroxyl groups is 1. The van der Waals surface area contributed by atoms with Crippen LogP contribution in [-0.4, -0.2) is 42.6 Å². The van der Waals surface area contributed by atoms with Gasteiger partial charge in [0.1, 0.15) is 5.75 Å². The number of rotatable bonds is 16. The minimum atomic E-state index is -0.834. The SMILES string of the molecule is CCCC(CCC)C(=O)c1cc(C)cc(C(=O)N[C@@H](Cc2ccccc2)[C@H](O)CNCc2cccc(OC)c2)c1. The van der Waals surface area contributed by atoms with Gasteiger partial charge in [-0.1, -0.05) is 69.2 Å². The topological polar surface area (TPSA) is 87.7 Å². The highest BCUT2D eigenvalue weighted by atomic mass is 16.5. The molecule has 0 heterocycles. The third kappa shape index (κ3) is 9.32. The summed E-state index contributed by atoms with van der Waals surface area (Å²) in [6.45, 7) is 6.94. The Balaban J connectivity index is 1.75. The molecule has 0 saturated heterocycles. The van der Waals surface area contributed by atoms with Crippen molar-refractivity contribution in [1.82, 2.24) is 10.6 Å². The summed E-state index contributed by atoms with van der Waals surface area (Å²) in [5.41, 5.74) is 3.93. The highest BCUT2D eigenvalue weighted by molar-refractivity contribution is 6.02. The summed E-state index contributed by atoms with van der Waals surface area (Å²) < 4.78 is 5.30. The predicted octanol–water partition coefficient (Wildman–Crippen LogP) is 5.89. The standard InChI is InChI=1S/C34H44N2O4/c1-5-11-27(12-6-2)33(38)28-17-24(3)18-29(21-28)34(39)36-31(20-25-13-8-7-9-14-25)32(37)23-35-22-26-15-10-16-30(19-26)40-4/h7-10,13-19,21,27,31-32,35,37H,5-6,11-12,20,22-23H2,1-4H3,(H,36,39)/t31-,32+/m0/s1. The molecule has 0 bridgehead atoms. The summed E-state index contributed by atoms with van der Waals surface area (Å²) in [7, 11) is 1.63. The number of ketones is 1. The molecule has 1 amide bonds. The number of benzene rings is 3. The summed E-state index contributed by atoms with van der Waals surface area (Å²) in [6, 6.07) is 22.4. The molecule has 0 aliphatic rings. The van der Waals surface area contributed by atoms with Crippen LogP contribution < -0.4 is 15.4 Å². The van der Waals surface area contributed by atoms with Crippen molar-refractivity contribution in [1.29, 1.82) is 0 Å². The van der Waals surface area contributed by atoms with E-state index in [1.54, 1.807) is 19.2 Å². The van der Waals surface area contributed by atoms with Gasteiger partial charge in [0, 0.05) is 30.1 Å². The Labute approximate surface area is 239 Å². The monoisotopic (exact) mass is 544 g/mol. The molecule has 0 aromatic heterocycles. The number of amides is 1. The number of carbonyl (C=O) groups is 2. The average molecular weight is 545 g/mol. The summed E-state index contributed by atoms with van der Waals surface area (Å²) in [4.78, 5) is 26.8. The molecule has 6 heteroatoms. The normalized spacial score (nSPS) is 12.7. The molecular weight excluding hydrogens is 500 g/mol. The zero-order valence-corrected chi connectivity index (χ0v) is 24.3. The van der Waals surface area contributed by atoms with Gasteiger partial charge in [-0.25, -0.2) is 0 Å². The molecule has 0 spiro atoms. The van der Waals surface area contributed by atoms with Crippen molar-refractivity contribution in [2.45, 2.75) is 71.6 Å². The highest BCUT2D eigenvalue weighted by Gasteiger charge is 2.24. The van der Waals surface area contributed by atoms with Gasteiger partial charge in [0.25, 0.3) is 5.91 Å². The highest BCUT2D eigenvalue weighted by Crippen LogP contribution is 2.22. The Bertz CT molecular complexity index is 1220. The van der Waals surface area contributed by atoms with Crippen molar-refractivity contribution >= 4 is 11.7 Å². The van der Waals surface area contributed by atoms with Crippen LogP contribution in [-0.2, 0) is 13.0 Å². The van der Waals surface area contributed by atoms with Crippen LogP contribution in [0.4, 0.5) is 0 Å². The van der Waals surface area contributed by atoms with Gasteiger partial charge in [0.2, 0.25) is 0 Å². The van der Waals surface area contributed by atoms with Crippen molar-refractivity contribution in [3.63, 3.8) is 0 Å². The minimum absolute atomic E-state index is 0.0315. The second-order valence-corrected chi connectivity index (χ2v) is 10.5. The first-order chi connectivity index (χ1) is 19.3. The van der Waals surface area contributed by atoms with Gasteiger partial charge in [0.15, 0.2) is 5.78 Å². The quantitative estimate of drug-likeness (QED) is 0.196. The number of methoxy groups -OCH3 is 1. The molecule has 0 fully saturated rings. The maximum absolute atomic E-state index is 13.5. The van der Waals surface area contributed by atoms with E-state index in [9.17, 15) is 14.7 Å². The molecule has 3 N–H and O–H groups in total. The second kappa shape index (κ2) is 15.9. The van der Waals surface area contributed by atoms with Gasteiger partial charge in [-0.05, 0) is 73.2 Å². The van der Waals surface area contributed by atoms with E-state index in [-0.39, 0.29) is 17.6 Å². The second-order valence-electron chi connectivity index (χ2n) is 10.5. The van der Waals surface area contributed by atoms with E-state index >= 15 is 0 Å². The first-order valence-electron chi connectivity index (χ1n) is 14.4. The van der Waals surface area contributed by atoms with Crippen LogP contribution in [0.25, 0.3) is 0 Å². The number of ether oxygens (including phenoxy) is 1. The third-order valence-corrected chi connectivity index (χ3v) is 7.17. The molecule has 0 unspecified atom stereocenters. The fourth-order valence-corrected chi connectivity index (χ4v) is 5.09. The minimum Gasteiger partial charge on any atom is -0.497 e. The van der Waals surface area contributed by atoms with E-state index in [0.717, 1.165) is 48.1 Å². The molecular formula is C34H44N2O4.